The van der Waals surface area contributed by atoms with Gasteiger partial charge in [-0.25, -0.2) is 19.3 Å². The van der Waals surface area contributed by atoms with Gasteiger partial charge in [-0.05, 0) is 45.8 Å². The van der Waals surface area contributed by atoms with Crippen molar-refractivity contribution in [2.45, 2.75) is 6.54 Å². The number of fused-ring (bicyclic) bond motifs is 2. The van der Waals surface area contributed by atoms with Crippen LogP contribution < -0.4 is 16.0 Å². The normalized spacial score (nSPS) is 12.3. The van der Waals surface area contributed by atoms with Crippen LogP contribution in [0.15, 0.2) is 59.3 Å². The molecule has 3 heterocycles. The van der Waals surface area contributed by atoms with E-state index >= 15 is 0 Å². The number of anilines is 3. The lowest BCUT2D eigenvalue weighted by Crippen LogP contribution is -2.07. The van der Waals surface area contributed by atoms with Gasteiger partial charge in [-0.2, -0.15) is 0 Å². The summed E-state index contributed by atoms with van der Waals surface area (Å²) in [6.07, 6.45) is 1.52. The Balaban J connectivity index is 1.58. The second-order valence-corrected chi connectivity index (χ2v) is 7.50. The van der Waals surface area contributed by atoms with Gasteiger partial charge in [0, 0.05) is 22.0 Å². The molecule has 0 amide bonds. The van der Waals surface area contributed by atoms with Gasteiger partial charge in [0.2, 0.25) is 0 Å². The van der Waals surface area contributed by atoms with E-state index in [1.54, 1.807) is 6.07 Å². The maximum atomic E-state index is 13.9. The van der Waals surface area contributed by atoms with Crippen LogP contribution in [0.4, 0.5) is 21.7 Å². The minimum absolute atomic E-state index is 0.292. The highest BCUT2D eigenvalue weighted by Crippen LogP contribution is 2.32. The highest BCUT2D eigenvalue weighted by Gasteiger charge is 2.17. The van der Waals surface area contributed by atoms with Gasteiger partial charge < -0.3 is 16.0 Å². The maximum absolute atomic E-state index is 13.9. The van der Waals surface area contributed by atoms with E-state index < -0.39 is 0 Å². The van der Waals surface area contributed by atoms with Crippen molar-refractivity contribution in [3.05, 3.63) is 70.7 Å². The van der Waals surface area contributed by atoms with Crippen LogP contribution in [-0.4, -0.2) is 21.6 Å². The summed E-state index contributed by atoms with van der Waals surface area (Å²) in [4.78, 5) is 13.4. The topological polar surface area (TPSA) is 74.8 Å². The van der Waals surface area contributed by atoms with Crippen molar-refractivity contribution < 1.29 is 4.39 Å². The molecule has 0 fully saturated rings. The molecule has 0 aliphatic carbocycles. The SMILES string of the molecule is Fc1cccc(-c2nc3c(Br)cccc3cc2CNc2ncnc3c2NCN3)c1. The van der Waals surface area contributed by atoms with E-state index in [0.717, 1.165) is 43.7 Å². The third-order valence-electron chi connectivity index (χ3n) is 4.79. The number of hydrogen-bond acceptors (Lipinski definition) is 6. The van der Waals surface area contributed by atoms with Crippen LogP contribution in [0, 0.1) is 5.82 Å². The van der Waals surface area contributed by atoms with Gasteiger partial charge in [0.05, 0.1) is 17.9 Å². The number of nitrogens with zero attached hydrogens (tertiary/aromatic N) is 3. The molecule has 4 aromatic rings. The summed E-state index contributed by atoms with van der Waals surface area (Å²) in [5.41, 5.74) is 4.08. The molecule has 0 bridgehead atoms. The smallest absolute Gasteiger partial charge is 0.156 e. The molecule has 144 valence electrons. The molecule has 0 radical (unpaired) electrons. The van der Waals surface area contributed by atoms with Crippen LogP contribution in [-0.2, 0) is 6.54 Å². The summed E-state index contributed by atoms with van der Waals surface area (Å²) < 4.78 is 14.8. The van der Waals surface area contributed by atoms with E-state index in [9.17, 15) is 4.39 Å². The van der Waals surface area contributed by atoms with Gasteiger partial charge in [0.25, 0.3) is 0 Å². The van der Waals surface area contributed by atoms with E-state index in [1.165, 1.54) is 18.5 Å². The number of para-hydroxylation sites is 1. The second kappa shape index (κ2) is 7.29. The maximum Gasteiger partial charge on any atom is 0.156 e. The minimum Gasteiger partial charge on any atom is -0.364 e. The molecule has 1 aliphatic rings. The zero-order valence-electron chi connectivity index (χ0n) is 15.2. The van der Waals surface area contributed by atoms with Crippen molar-refractivity contribution in [1.29, 1.82) is 0 Å². The monoisotopic (exact) mass is 450 g/mol. The predicted octanol–water partition coefficient (Wildman–Crippen LogP) is 5.00. The molecule has 0 spiro atoms. The Hall–Kier alpha value is -3.26. The summed E-state index contributed by atoms with van der Waals surface area (Å²) >= 11 is 3.57. The van der Waals surface area contributed by atoms with Gasteiger partial charge in [-0.3, -0.25) is 0 Å². The van der Waals surface area contributed by atoms with Gasteiger partial charge in [0.1, 0.15) is 17.8 Å². The van der Waals surface area contributed by atoms with Crippen molar-refractivity contribution in [2.24, 2.45) is 0 Å². The van der Waals surface area contributed by atoms with Crippen LogP contribution >= 0.6 is 15.9 Å². The van der Waals surface area contributed by atoms with Gasteiger partial charge >= 0.3 is 0 Å². The van der Waals surface area contributed by atoms with Crippen molar-refractivity contribution in [3.63, 3.8) is 0 Å². The third-order valence-corrected chi connectivity index (χ3v) is 5.43. The van der Waals surface area contributed by atoms with E-state index in [2.05, 4.69) is 47.9 Å². The van der Waals surface area contributed by atoms with Crippen LogP contribution in [0.1, 0.15) is 5.56 Å². The summed E-state index contributed by atoms with van der Waals surface area (Å²) in [5.74, 6) is 1.19. The lowest BCUT2D eigenvalue weighted by atomic mass is 10.0. The average Bonchev–Trinajstić information content (AvgIpc) is 3.21. The number of pyridine rings is 1. The summed E-state index contributed by atoms with van der Waals surface area (Å²) in [5, 5.41) is 10.7. The van der Waals surface area contributed by atoms with Crippen LogP contribution in [0.5, 0.6) is 0 Å². The lowest BCUT2D eigenvalue weighted by Gasteiger charge is -2.14. The first-order chi connectivity index (χ1) is 14.2. The molecule has 8 heteroatoms. The van der Waals surface area contributed by atoms with Gasteiger partial charge in [-0.1, -0.05) is 24.3 Å². The molecule has 29 heavy (non-hydrogen) atoms. The fourth-order valence-corrected chi connectivity index (χ4v) is 3.91. The first-order valence-electron chi connectivity index (χ1n) is 9.10. The highest BCUT2D eigenvalue weighted by molar-refractivity contribution is 9.10. The Kier molecular flexibility index (Phi) is 4.48. The van der Waals surface area contributed by atoms with Gasteiger partial charge in [-0.15, -0.1) is 0 Å². The largest absolute Gasteiger partial charge is 0.364 e. The minimum atomic E-state index is -0.292. The number of nitrogens with one attached hydrogen (secondary N) is 3. The van der Waals surface area contributed by atoms with Crippen LogP contribution in [0.3, 0.4) is 0 Å². The summed E-state index contributed by atoms with van der Waals surface area (Å²) in [7, 11) is 0. The molecule has 6 nitrogen and oxygen atoms in total. The molecule has 0 atom stereocenters. The van der Waals surface area contributed by atoms with E-state index in [1.807, 2.05) is 24.3 Å². The summed E-state index contributed by atoms with van der Waals surface area (Å²) in [6.45, 7) is 1.09. The Morgan fingerprint density at radius 1 is 1.07 bits per heavy atom. The Morgan fingerprint density at radius 3 is 2.86 bits per heavy atom. The predicted molar refractivity (Wildman–Crippen MR) is 116 cm³/mol. The molecule has 0 saturated carbocycles. The highest BCUT2D eigenvalue weighted by atomic mass is 79.9. The molecule has 0 saturated heterocycles. The molecule has 5 rings (SSSR count). The number of benzene rings is 2. The van der Waals surface area contributed by atoms with E-state index in [-0.39, 0.29) is 5.82 Å². The quantitative estimate of drug-likeness (QED) is 0.406. The first-order valence-corrected chi connectivity index (χ1v) is 9.89. The Morgan fingerprint density at radius 2 is 1.97 bits per heavy atom. The van der Waals surface area contributed by atoms with Crippen molar-refractivity contribution in [1.82, 2.24) is 15.0 Å². The number of hydrogen-bond donors (Lipinski definition) is 3. The third kappa shape index (κ3) is 3.36. The van der Waals surface area contributed by atoms with Crippen molar-refractivity contribution in [3.8, 4) is 11.3 Å². The summed E-state index contributed by atoms with van der Waals surface area (Å²) in [6, 6.07) is 14.5. The lowest BCUT2D eigenvalue weighted by molar-refractivity contribution is 0.628. The Bertz CT molecular complexity index is 1230. The van der Waals surface area contributed by atoms with E-state index in [0.29, 0.717) is 19.0 Å². The second-order valence-electron chi connectivity index (χ2n) is 6.65. The molecule has 2 aromatic heterocycles. The van der Waals surface area contributed by atoms with Crippen LogP contribution in [0.25, 0.3) is 22.2 Å². The number of rotatable bonds is 4. The molecule has 1 aliphatic heterocycles. The van der Waals surface area contributed by atoms with Crippen molar-refractivity contribution >= 4 is 44.2 Å². The van der Waals surface area contributed by atoms with Crippen molar-refractivity contribution in [2.75, 3.05) is 22.6 Å². The Labute approximate surface area is 174 Å². The standard InChI is InChI=1S/C21H16BrFN6/c22-16-6-2-4-12-7-14(9-24-20-19-21(26-10-25-19)28-11-27-20)17(29-18(12)16)13-3-1-5-15(23)8-13/h1-8,11,25H,9-10H2,(H2,24,26,27,28). The molecule has 2 aromatic carbocycles. The molecule has 0 unspecified atom stereocenters. The zero-order valence-corrected chi connectivity index (χ0v) is 16.8. The van der Waals surface area contributed by atoms with Gasteiger partial charge in [0.15, 0.2) is 11.6 Å². The number of halogens is 2. The van der Waals surface area contributed by atoms with E-state index in [4.69, 9.17) is 4.98 Å². The zero-order chi connectivity index (χ0) is 19.8. The first kappa shape index (κ1) is 17.8. The molecule has 3 N–H and O–H groups in total. The fraction of sp³-hybridized carbons (Fsp3) is 0.0952. The molecular weight excluding hydrogens is 435 g/mol. The fourth-order valence-electron chi connectivity index (χ4n) is 3.44. The van der Waals surface area contributed by atoms with Crippen LogP contribution in [0.2, 0.25) is 0 Å². The number of aromatic nitrogens is 3. The average molecular weight is 451 g/mol. The molecular formula is C21H16BrFN6.